The number of H-pyrrole nitrogens is 1. The zero-order valence-corrected chi connectivity index (χ0v) is 6.53. The lowest BCUT2D eigenvalue weighted by Crippen LogP contribution is -2.28. The number of hydrogen-bond donors (Lipinski definition) is 2. The molecule has 1 atom stereocenters. The lowest BCUT2D eigenvalue weighted by atomic mass is 10.4. The maximum Gasteiger partial charge on any atom is 0.250 e. The number of carbonyl (C=O) groups is 1. The number of amidine groups is 1. The van der Waals surface area contributed by atoms with Crippen molar-refractivity contribution < 1.29 is 4.79 Å². The first-order valence-corrected chi connectivity index (χ1v) is 3.66. The fourth-order valence-corrected chi connectivity index (χ4v) is 1.02. The van der Waals surface area contributed by atoms with Gasteiger partial charge in [-0.1, -0.05) is 0 Å². The Hall–Kier alpha value is -1.65. The zero-order chi connectivity index (χ0) is 8.55. The number of hydrogen-bond acceptors (Lipinski definition) is 3. The van der Waals surface area contributed by atoms with Crippen molar-refractivity contribution in [1.29, 1.82) is 0 Å². The average molecular weight is 164 g/mol. The van der Waals surface area contributed by atoms with Gasteiger partial charge in [0, 0.05) is 12.4 Å². The van der Waals surface area contributed by atoms with Crippen LogP contribution in [0, 0.1) is 0 Å². The SMILES string of the molecule is CC1N=C(c2ncc[nH]2)NC1=O. The number of rotatable bonds is 1. The lowest BCUT2D eigenvalue weighted by Gasteiger charge is -1.93. The molecule has 0 bridgehead atoms. The van der Waals surface area contributed by atoms with Gasteiger partial charge in [-0.05, 0) is 6.92 Å². The fraction of sp³-hybridized carbons (Fsp3) is 0.286. The fourth-order valence-electron chi connectivity index (χ4n) is 1.02. The van der Waals surface area contributed by atoms with Gasteiger partial charge in [-0.2, -0.15) is 0 Å². The van der Waals surface area contributed by atoms with E-state index in [4.69, 9.17) is 0 Å². The summed E-state index contributed by atoms with van der Waals surface area (Å²) >= 11 is 0. The van der Waals surface area contributed by atoms with Crippen LogP contribution in [0.2, 0.25) is 0 Å². The number of imidazole rings is 1. The molecule has 0 fully saturated rings. The van der Waals surface area contributed by atoms with E-state index in [1.807, 2.05) is 0 Å². The second-order valence-electron chi connectivity index (χ2n) is 2.58. The van der Waals surface area contributed by atoms with Crippen LogP contribution in [0.25, 0.3) is 0 Å². The molecule has 0 saturated heterocycles. The van der Waals surface area contributed by atoms with Gasteiger partial charge in [-0.15, -0.1) is 0 Å². The average Bonchev–Trinajstić information content (AvgIpc) is 2.61. The molecule has 0 aromatic carbocycles. The van der Waals surface area contributed by atoms with Crippen LogP contribution in [0.4, 0.5) is 0 Å². The third kappa shape index (κ3) is 0.990. The van der Waals surface area contributed by atoms with Crippen molar-refractivity contribution in [2.75, 3.05) is 0 Å². The molecular weight excluding hydrogens is 156 g/mol. The monoisotopic (exact) mass is 164 g/mol. The van der Waals surface area contributed by atoms with E-state index in [0.29, 0.717) is 11.7 Å². The van der Waals surface area contributed by atoms with Gasteiger partial charge in [0.1, 0.15) is 6.04 Å². The Morgan fingerprint density at radius 2 is 2.42 bits per heavy atom. The molecular formula is C7H8N4O. The van der Waals surface area contributed by atoms with E-state index in [1.54, 1.807) is 19.3 Å². The highest BCUT2D eigenvalue weighted by molar-refractivity contribution is 6.11. The molecule has 5 nitrogen and oxygen atoms in total. The summed E-state index contributed by atoms with van der Waals surface area (Å²) in [4.78, 5) is 21.9. The summed E-state index contributed by atoms with van der Waals surface area (Å²) in [5.74, 6) is 1.05. The molecule has 2 heterocycles. The summed E-state index contributed by atoms with van der Waals surface area (Å²) in [6, 6.07) is -0.301. The van der Waals surface area contributed by atoms with Crippen molar-refractivity contribution in [2.45, 2.75) is 13.0 Å². The molecule has 1 aliphatic heterocycles. The second-order valence-corrected chi connectivity index (χ2v) is 2.58. The number of nitrogens with zero attached hydrogens (tertiary/aromatic N) is 2. The molecule has 0 aliphatic carbocycles. The van der Waals surface area contributed by atoms with Gasteiger partial charge < -0.3 is 10.3 Å². The Bertz CT molecular complexity index is 327. The van der Waals surface area contributed by atoms with Gasteiger partial charge in [0.25, 0.3) is 0 Å². The molecule has 0 radical (unpaired) electrons. The molecule has 0 saturated carbocycles. The summed E-state index contributed by atoms with van der Waals surface area (Å²) in [7, 11) is 0. The highest BCUT2D eigenvalue weighted by Gasteiger charge is 2.23. The minimum Gasteiger partial charge on any atom is -0.342 e. The Kier molecular flexibility index (Phi) is 1.43. The number of amides is 1. The van der Waals surface area contributed by atoms with Crippen LogP contribution in [-0.4, -0.2) is 27.8 Å². The van der Waals surface area contributed by atoms with E-state index in [-0.39, 0.29) is 11.9 Å². The van der Waals surface area contributed by atoms with Gasteiger partial charge >= 0.3 is 0 Å². The first-order valence-electron chi connectivity index (χ1n) is 3.66. The summed E-state index contributed by atoms with van der Waals surface area (Å²) in [5.41, 5.74) is 0. The molecule has 5 heteroatoms. The Balaban J connectivity index is 2.28. The van der Waals surface area contributed by atoms with Crippen molar-refractivity contribution in [1.82, 2.24) is 15.3 Å². The summed E-state index contributed by atoms with van der Waals surface area (Å²) in [6.45, 7) is 1.74. The van der Waals surface area contributed by atoms with Gasteiger partial charge in [-0.3, -0.25) is 9.79 Å². The third-order valence-electron chi connectivity index (χ3n) is 1.67. The molecule has 0 spiro atoms. The first kappa shape index (κ1) is 7.02. The summed E-state index contributed by atoms with van der Waals surface area (Å²) < 4.78 is 0. The molecule has 2 N–H and O–H groups in total. The number of carbonyl (C=O) groups excluding carboxylic acids is 1. The Morgan fingerprint density at radius 1 is 1.58 bits per heavy atom. The summed E-state index contributed by atoms with van der Waals surface area (Å²) in [5, 5.41) is 2.62. The first-order chi connectivity index (χ1) is 5.77. The predicted molar refractivity (Wildman–Crippen MR) is 42.7 cm³/mol. The van der Waals surface area contributed by atoms with Crippen LogP contribution >= 0.6 is 0 Å². The van der Waals surface area contributed by atoms with Crippen LogP contribution in [-0.2, 0) is 4.79 Å². The van der Waals surface area contributed by atoms with Crippen LogP contribution in [0.1, 0.15) is 12.7 Å². The van der Waals surface area contributed by atoms with Gasteiger partial charge in [0.15, 0.2) is 11.7 Å². The zero-order valence-electron chi connectivity index (χ0n) is 6.53. The normalized spacial score (nSPS) is 22.2. The quantitative estimate of drug-likeness (QED) is 0.597. The minimum atomic E-state index is -0.301. The van der Waals surface area contributed by atoms with Crippen LogP contribution in [0.5, 0.6) is 0 Å². The van der Waals surface area contributed by atoms with Crippen molar-refractivity contribution >= 4 is 11.7 Å². The topological polar surface area (TPSA) is 70.1 Å². The molecule has 1 aromatic heterocycles. The molecule has 2 rings (SSSR count). The maximum absolute atomic E-state index is 11.0. The van der Waals surface area contributed by atoms with Gasteiger partial charge in [-0.25, -0.2) is 4.98 Å². The van der Waals surface area contributed by atoms with Crippen LogP contribution < -0.4 is 5.32 Å². The standard InChI is InChI=1S/C7H8N4O/c1-4-7(12)11-6(10-4)5-8-2-3-9-5/h2-4H,1H3,(H,8,9)(H,10,11,12). The number of aromatic amines is 1. The molecule has 1 amide bonds. The third-order valence-corrected chi connectivity index (χ3v) is 1.67. The Labute approximate surface area is 68.9 Å². The van der Waals surface area contributed by atoms with E-state index in [2.05, 4.69) is 20.3 Å². The van der Waals surface area contributed by atoms with Crippen molar-refractivity contribution in [2.24, 2.45) is 4.99 Å². The molecule has 1 unspecified atom stereocenters. The Morgan fingerprint density at radius 3 is 2.92 bits per heavy atom. The number of nitrogens with one attached hydrogen (secondary N) is 2. The number of aliphatic imine (C=N–C) groups is 1. The highest BCUT2D eigenvalue weighted by Crippen LogP contribution is 2.02. The molecule has 1 aliphatic rings. The predicted octanol–water partition coefficient (Wildman–Crippen LogP) is -0.325. The van der Waals surface area contributed by atoms with Crippen LogP contribution in [0.3, 0.4) is 0 Å². The number of aromatic nitrogens is 2. The van der Waals surface area contributed by atoms with Gasteiger partial charge in [0.05, 0.1) is 0 Å². The lowest BCUT2D eigenvalue weighted by molar-refractivity contribution is -0.119. The van der Waals surface area contributed by atoms with Crippen molar-refractivity contribution in [3.05, 3.63) is 18.2 Å². The highest BCUT2D eigenvalue weighted by atomic mass is 16.2. The smallest absolute Gasteiger partial charge is 0.250 e. The van der Waals surface area contributed by atoms with E-state index >= 15 is 0 Å². The largest absolute Gasteiger partial charge is 0.342 e. The summed E-state index contributed by atoms with van der Waals surface area (Å²) in [6.07, 6.45) is 3.31. The maximum atomic E-state index is 11.0. The second kappa shape index (κ2) is 2.44. The molecule has 12 heavy (non-hydrogen) atoms. The van der Waals surface area contributed by atoms with Crippen molar-refractivity contribution in [3.63, 3.8) is 0 Å². The minimum absolute atomic E-state index is 0.0820. The molecule has 62 valence electrons. The van der Waals surface area contributed by atoms with E-state index in [0.717, 1.165) is 0 Å². The van der Waals surface area contributed by atoms with Crippen LogP contribution in [0.15, 0.2) is 17.4 Å². The molecule has 1 aromatic rings. The van der Waals surface area contributed by atoms with Gasteiger partial charge in [0.2, 0.25) is 5.91 Å². The van der Waals surface area contributed by atoms with E-state index < -0.39 is 0 Å². The van der Waals surface area contributed by atoms with E-state index in [1.165, 1.54) is 0 Å². The van der Waals surface area contributed by atoms with Crippen molar-refractivity contribution in [3.8, 4) is 0 Å². The van der Waals surface area contributed by atoms with E-state index in [9.17, 15) is 4.79 Å².